The molecule has 1 rings (SSSR count). The van der Waals surface area contributed by atoms with E-state index in [1.165, 1.54) is 0 Å². The molecule has 1 aliphatic heterocycles. The minimum atomic E-state index is -0.606. The Hall–Kier alpha value is -1.28. The standard InChI is InChI=1S/C8H13N5O/c1-7-8(6-9,2-5-14-7)11-3-4-12-13-10/h7,11H,2-5H2,1H3. The van der Waals surface area contributed by atoms with Crippen LogP contribution >= 0.6 is 0 Å². The Morgan fingerprint density at radius 2 is 2.64 bits per heavy atom. The van der Waals surface area contributed by atoms with E-state index in [2.05, 4.69) is 21.4 Å². The Bertz CT molecular complexity index is 280. The molecular formula is C8H13N5O. The molecule has 0 aliphatic carbocycles. The van der Waals surface area contributed by atoms with Crippen molar-refractivity contribution < 1.29 is 4.74 Å². The Morgan fingerprint density at radius 3 is 3.14 bits per heavy atom. The van der Waals surface area contributed by atoms with Crippen molar-refractivity contribution >= 4 is 0 Å². The first kappa shape index (κ1) is 10.8. The van der Waals surface area contributed by atoms with Crippen LogP contribution in [0.3, 0.4) is 0 Å². The second-order valence-corrected chi connectivity index (χ2v) is 3.23. The minimum Gasteiger partial charge on any atom is -0.375 e. The topological polar surface area (TPSA) is 93.8 Å². The van der Waals surface area contributed by atoms with Gasteiger partial charge in [0.05, 0.1) is 12.2 Å². The van der Waals surface area contributed by atoms with Crippen LogP contribution in [0, 0.1) is 11.3 Å². The second kappa shape index (κ2) is 4.82. The first-order valence-electron chi connectivity index (χ1n) is 4.54. The highest BCUT2D eigenvalue weighted by molar-refractivity contribution is 5.13. The van der Waals surface area contributed by atoms with Crippen LogP contribution in [-0.2, 0) is 4.74 Å². The van der Waals surface area contributed by atoms with E-state index in [4.69, 9.17) is 15.5 Å². The van der Waals surface area contributed by atoms with Gasteiger partial charge in [0.25, 0.3) is 0 Å². The van der Waals surface area contributed by atoms with Crippen LogP contribution in [-0.4, -0.2) is 31.3 Å². The summed E-state index contributed by atoms with van der Waals surface area (Å²) in [5.74, 6) is 0. The van der Waals surface area contributed by atoms with Crippen LogP contribution in [0.25, 0.3) is 10.4 Å². The van der Waals surface area contributed by atoms with Crippen molar-refractivity contribution in [2.24, 2.45) is 5.11 Å². The quantitative estimate of drug-likeness (QED) is 0.313. The van der Waals surface area contributed by atoms with Crippen LogP contribution in [0.15, 0.2) is 5.11 Å². The molecule has 0 aromatic rings. The third-order valence-corrected chi connectivity index (χ3v) is 2.47. The smallest absolute Gasteiger partial charge is 0.135 e. The van der Waals surface area contributed by atoms with Gasteiger partial charge in [0.1, 0.15) is 5.54 Å². The first-order valence-corrected chi connectivity index (χ1v) is 4.54. The molecule has 1 saturated heterocycles. The molecule has 0 aromatic carbocycles. The Balaban J connectivity index is 2.46. The van der Waals surface area contributed by atoms with Crippen molar-refractivity contribution in [2.75, 3.05) is 19.7 Å². The van der Waals surface area contributed by atoms with Gasteiger partial charge in [0.2, 0.25) is 0 Å². The van der Waals surface area contributed by atoms with Gasteiger partial charge in [-0.3, -0.25) is 5.32 Å². The Morgan fingerprint density at radius 1 is 1.86 bits per heavy atom. The summed E-state index contributed by atoms with van der Waals surface area (Å²) in [4.78, 5) is 2.64. The second-order valence-electron chi connectivity index (χ2n) is 3.23. The summed E-state index contributed by atoms with van der Waals surface area (Å²) >= 11 is 0. The van der Waals surface area contributed by atoms with Crippen molar-refractivity contribution in [2.45, 2.75) is 25.0 Å². The van der Waals surface area contributed by atoms with E-state index in [1.807, 2.05) is 6.92 Å². The molecular weight excluding hydrogens is 182 g/mol. The summed E-state index contributed by atoms with van der Waals surface area (Å²) in [6.45, 7) is 3.33. The number of nitrogens with one attached hydrogen (secondary N) is 1. The maximum Gasteiger partial charge on any atom is 0.135 e. The number of ether oxygens (including phenoxy) is 1. The minimum absolute atomic E-state index is 0.112. The highest BCUT2D eigenvalue weighted by atomic mass is 16.5. The first-order chi connectivity index (χ1) is 6.75. The van der Waals surface area contributed by atoms with Crippen LogP contribution < -0.4 is 5.32 Å². The van der Waals surface area contributed by atoms with Crippen molar-refractivity contribution in [1.82, 2.24) is 5.32 Å². The van der Waals surface area contributed by atoms with Gasteiger partial charge < -0.3 is 4.74 Å². The molecule has 2 atom stereocenters. The molecule has 0 spiro atoms. The molecule has 76 valence electrons. The van der Waals surface area contributed by atoms with Crippen molar-refractivity contribution in [3.8, 4) is 6.07 Å². The predicted molar refractivity (Wildman–Crippen MR) is 50.4 cm³/mol. The molecule has 1 N–H and O–H groups in total. The van der Waals surface area contributed by atoms with Gasteiger partial charge in [0.15, 0.2) is 0 Å². The molecule has 2 unspecified atom stereocenters. The molecule has 0 radical (unpaired) electrons. The maximum atomic E-state index is 9.05. The van der Waals surface area contributed by atoms with E-state index < -0.39 is 5.54 Å². The zero-order chi connectivity index (χ0) is 10.4. The number of hydrogen-bond acceptors (Lipinski definition) is 4. The van der Waals surface area contributed by atoms with Gasteiger partial charge in [-0.2, -0.15) is 5.26 Å². The SMILES string of the molecule is CC1OCCC1(C#N)NCCN=[N+]=[N-]. The molecule has 1 aliphatic rings. The normalized spacial score (nSPS) is 30.7. The van der Waals surface area contributed by atoms with E-state index in [1.54, 1.807) is 0 Å². The number of rotatable bonds is 4. The predicted octanol–water partition coefficient (Wildman–Crippen LogP) is 0.957. The fourth-order valence-corrected chi connectivity index (χ4v) is 1.53. The highest BCUT2D eigenvalue weighted by Crippen LogP contribution is 2.24. The molecule has 0 bridgehead atoms. The number of nitrogens with zero attached hydrogens (tertiary/aromatic N) is 4. The average molecular weight is 195 g/mol. The molecule has 0 aromatic heterocycles. The van der Waals surface area contributed by atoms with Crippen LogP contribution in [0.4, 0.5) is 0 Å². The molecule has 6 nitrogen and oxygen atoms in total. The van der Waals surface area contributed by atoms with Crippen LogP contribution in [0.2, 0.25) is 0 Å². The zero-order valence-corrected chi connectivity index (χ0v) is 8.10. The molecule has 0 saturated carbocycles. The summed E-state index contributed by atoms with van der Waals surface area (Å²) in [5, 5.41) is 15.5. The number of azide groups is 1. The van der Waals surface area contributed by atoms with E-state index in [0.717, 1.165) is 0 Å². The molecule has 0 amide bonds. The van der Waals surface area contributed by atoms with E-state index in [0.29, 0.717) is 26.1 Å². The average Bonchev–Trinajstić information content (AvgIpc) is 2.56. The lowest BCUT2D eigenvalue weighted by Gasteiger charge is -2.25. The summed E-state index contributed by atoms with van der Waals surface area (Å²) < 4.78 is 5.33. The Labute approximate surface area is 82.5 Å². The van der Waals surface area contributed by atoms with Gasteiger partial charge in [0, 0.05) is 31.0 Å². The van der Waals surface area contributed by atoms with Gasteiger partial charge in [-0.15, -0.1) is 0 Å². The monoisotopic (exact) mass is 195 g/mol. The third kappa shape index (κ3) is 2.15. The number of hydrogen-bond donors (Lipinski definition) is 1. The van der Waals surface area contributed by atoms with Crippen molar-refractivity contribution in [3.63, 3.8) is 0 Å². The van der Waals surface area contributed by atoms with Gasteiger partial charge in [-0.05, 0) is 12.5 Å². The molecule has 14 heavy (non-hydrogen) atoms. The van der Waals surface area contributed by atoms with Crippen LogP contribution in [0.5, 0.6) is 0 Å². The molecule has 1 heterocycles. The lowest BCUT2D eigenvalue weighted by molar-refractivity contribution is 0.0991. The van der Waals surface area contributed by atoms with Crippen LogP contribution in [0.1, 0.15) is 13.3 Å². The van der Waals surface area contributed by atoms with Crippen molar-refractivity contribution in [3.05, 3.63) is 10.4 Å². The van der Waals surface area contributed by atoms with E-state index in [-0.39, 0.29) is 6.10 Å². The van der Waals surface area contributed by atoms with E-state index >= 15 is 0 Å². The summed E-state index contributed by atoms with van der Waals surface area (Å²) in [6, 6.07) is 2.23. The highest BCUT2D eigenvalue weighted by Gasteiger charge is 2.41. The lowest BCUT2D eigenvalue weighted by Crippen LogP contribution is -2.50. The maximum absolute atomic E-state index is 9.05. The third-order valence-electron chi connectivity index (χ3n) is 2.47. The molecule has 1 fully saturated rings. The summed E-state index contributed by atoms with van der Waals surface area (Å²) in [7, 11) is 0. The number of nitriles is 1. The zero-order valence-electron chi connectivity index (χ0n) is 8.10. The van der Waals surface area contributed by atoms with Gasteiger partial charge in [-0.1, -0.05) is 5.11 Å². The Kier molecular flexibility index (Phi) is 3.72. The molecule has 6 heteroatoms. The van der Waals surface area contributed by atoms with Gasteiger partial charge >= 0.3 is 0 Å². The van der Waals surface area contributed by atoms with Gasteiger partial charge in [-0.25, -0.2) is 0 Å². The fourth-order valence-electron chi connectivity index (χ4n) is 1.53. The largest absolute Gasteiger partial charge is 0.375 e. The summed E-state index contributed by atoms with van der Waals surface area (Å²) in [6.07, 6.45) is 0.569. The van der Waals surface area contributed by atoms with E-state index in [9.17, 15) is 0 Å². The fraction of sp³-hybridized carbons (Fsp3) is 0.875. The summed E-state index contributed by atoms with van der Waals surface area (Å²) in [5.41, 5.74) is 7.47. The van der Waals surface area contributed by atoms with Crippen molar-refractivity contribution in [1.29, 1.82) is 5.26 Å². The lowest BCUT2D eigenvalue weighted by atomic mass is 9.94.